The molecule has 0 aliphatic rings. The van der Waals surface area contributed by atoms with Crippen LogP contribution >= 0.6 is 0 Å². The lowest BCUT2D eigenvalue weighted by Crippen LogP contribution is -2.11. The molecule has 3 heteroatoms. The van der Waals surface area contributed by atoms with Crippen LogP contribution in [0.4, 0.5) is 0 Å². The molecule has 4 aromatic carbocycles. The summed E-state index contributed by atoms with van der Waals surface area (Å²) in [5, 5.41) is 1.97. The van der Waals surface area contributed by atoms with E-state index in [0.717, 1.165) is 33.9 Å². The summed E-state index contributed by atoms with van der Waals surface area (Å²) in [6.07, 6.45) is 0. The Labute approximate surface area is 175 Å². The van der Waals surface area contributed by atoms with Crippen molar-refractivity contribution in [3.8, 4) is 11.1 Å². The molecule has 0 aliphatic heterocycles. The molecule has 0 radical (unpaired) electrons. The maximum atomic E-state index is 12.2. The molecule has 0 saturated heterocycles. The van der Waals surface area contributed by atoms with Crippen molar-refractivity contribution in [3.05, 3.63) is 108 Å². The molecular formula is C27H22N2O. The summed E-state index contributed by atoms with van der Waals surface area (Å²) in [5.41, 5.74) is 13.2. The fraction of sp³-hybridized carbons (Fsp3) is 0.0741. The number of hydrogen-bond acceptors (Lipinski definition) is 1. The van der Waals surface area contributed by atoms with Crippen LogP contribution in [-0.4, -0.2) is 10.5 Å². The third-order valence-corrected chi connectivity index (χ3v) is 5.72. The van der Waals surface area contributed by atoms with Crippen molar-refractivity contribution < 1.29 is 4.79 Å². The van der Waals surface area contributed by atoms with Crippen LogP contribution in [-0.2, 0) is 6.54 Å². The zero-order valence-corrected chi connectivity index (χ0v) is 16.8. The Bertz CT molecular complexity index is 1380. The van der Waals surface area contributed by atoms with E-state index in [9.17, 15) is 4.79 Å². The van der Waals surface area contributed by atoms with Crippen molar-refractivity contribution in [2.45, 2.75) is 13.5 Å². The number of primary amides is 1. The van der Waals surface area contributed by atoms with Gasteiger partial charge in [-0.2, -0.15) is 0 Å². The van der Waals surface area contributed by atoms with E-state index in [-0.39, 0.29) is 0 Å². The number of rotatable bonds is 4. The molecule has 2 N–H and O–H groups in total. The van der Waals surface area contributed by atoms with E-state index in [2.05, 4.69) is 72.2 Å². The minimum atomic E-state index is -0.401. The average Bonchev–Trinajstić information content (AvgIpc) is 3.09. The number of carbonyl (C=O) groups is 1. The minimum absolute atomic E-state index is 0.401. The van der Waals surface area contributed by atoms with Crippen LogP contribution in [0, 0.1) is 6.92 Å². The summed E-state index contributed by atoms with van der Waals surface area (Å²) < 4.78 is 2.29. The second-order valence-corrected chi connectivity index (χ2v) is 7.73. The predicted molar refractivity (Wildman–Crippen MR) is 124 cm³/mol. The molecule has 3 nitrogen and oxygen atoms in total. The van der Waals surface area contributed by atoms with Crippen LogP contribution in [0.15, 0.2) is 91.0 Å². The zero-order valence-electron chi connectivity index (χ0n) is 16.8. The van der Waals surface area contributed by atoms with Gasteiger partial charge in [0.2, 0.25) is 5.91 Å². The minimum Gasteiger partial charge on any atom is -0.366 e. The predicted octanol–water partition coefficient (Wildman–Crippen LogP) is 5.92. The highest BCUT2D eigenvalue weighted by molar-refractivity contribution is 6.18. The van der Waals surface area contributed by atoms with Crippen molar-refractivity contribution in [2.75, 3.05) is 0 Å². The van der Waals surface area contributed by atoms with Crippen LogP contribution in [0.5, 0.6) is 0 Å². The molecule has 1 amide bonds. The molecule has 0 atom stereocenters. The van der Waals surface area contributed by atoms with Gasteiger partial charge in [-0.3, -0.25) is 4.79 Å². The number of aryl methyl sites for hydroxylation is 1. The Morgan fingerprint density at radius 2 is 1.57 bits per heavy atom. The second-order valence-electron chi connectivity index (χ2n) is 7.73. The van der Waals surface area contributed by atoms with Gasteiger partial charge < -0.3 is 10.3 Å². The van der Waals surface area contributed by atoms with Gasteiger partial charge in [0.25, 0.3) is 0 Å². The number of hydrogen-bond donors (Lipinski definition) is 1. The number of aromatic nitrogens is 1. The Balaban J connectivity index is 1.80. The summed E-state index contributed by atoms with van der Waals surface area (Å²) in [5.74, 6) is -0.401. The van der Waals surface area contributed by atoms with Crippen LogP contribution in [0.1, 0.15) is 21.5 Å². The summed E-state index contributed by atoms with van der Waals surface area (Å²) in [7, 11) is 0. The van der Waals surface area contributed by atoms with Gasteiger partial charge in [-0.15, -0.1) is 0 Å². The van der Waals surface area contributed by atoms with E-state index in [0.29, 0.717) is 5.56 Å². The Morgan fingerprint density at radius 3 is 2.30 bits per heavy atom. The van der Waals surface area contributed by atoms with Gasteiger partial charge in [-0.25, -0.2) is 0 Å². The fourth-order valence-corrected chi connectivity index (χ4v) is 4.21. The third kappa shape index (κ3) is 3.05. The zero-order chi connectivity index (χ0) is 20.7. The Morgan fingerprint density at radius 1 is 0.800 bits per heavy atom. The van der Waals surface area contributed by atoms with Gasteiger partial charge in [0, 0.05) is 22.9 Å². The van der Waals surface area contributed by atoms with Gasteiger partial charge >= 0.3 is 0 Å². The maximum absolute atomic E-state index is 12.2. The molecule has 0 saturated carbocycles. The van der Waals surface area contributed by atoms with Gasteiger partial charge in [0.1, 0.15) is 0 Å². The number of carbonyl (C=O) groups excluding carboxylic acids is 1. The highest BCUT2D eigenvalue weighted by atomic mass is 16.1. The van der Waals surface area contributed by atoms with Gasteiger partial charge in [-0.05, 0) is 41.8 Å². The van der Waals surface area contributed by atoms with E-state index in [1.807, 2.05) is 30.3 Å². The number of amides is 1. The van der Waals surface area contributed by atoms with Gasteiger partial charge in [-0.1, -0.05) is 78.4 Å². The molecule has 30 heavy (non-hydrogen) atoms. The quantitative estimate of drug-likeness (QED) is 0.407. The van der Waals surface area contributed by atoms with Gasteiger partial charge in [0.05, 0.1) is 11.0 Å². The molecule has 0 bridgehead atoms. The summed E-state index contributed by atoms with van der Waals surface area (Å²) in [6.45, 7) is 2.82. The number of nitrogens with two attached hydrogens (primary N) is 1. The van der Waals surface area contributed by atoms with Crippen molar-refractivity contribution in [1.82, 2.24) is 4.57 Å². The summed E-state index contributed by atoms with van der Waals surface area (Å²) in [4.78, 5) is 12.2. The monoisotopic (exact) mass is 390 g/mol. The molecular weight excluding hydrogens is 368 g/mol. The molecule has 146 valence electrons. The van der Waals surface area contributed by atoms with Gasteiger partial charge in [0.15, 0.2) is 0 Å². The molecule has 1 aromatic heterocycles. The maximum Gasteiger partial charge on any atom is 0.249 e. The lowest BCUT2D eigenvalue weighted by Gasteiger charge is -2.10. The lowest BCUT2D eigenvalue weighted by atomic mass is 10.0. The van der Waals surface area contributed by atoms with Crippen LogP contribution in [0.25, 0.3) is 32.9 Å². The van der Waals surface area contributed by atoms with E-state index in [1.165, 1.54) is 16.7 Å². The highest BCUT2D eigenvalue weighted by Crippen LogP contribution is 2.35. The number of fused-ring (bicyclic) bond motifs is 3. The Hall–Kier alpha value is -3.85. The summed E-state index contributed by atoms with van der Waals surface area (Å²) in [6, 6.07) is 31.2. The number of nitrogens with zero attached hydrogens (tertiary/aromatic N) is 1. The standard InChI is InChI=1S/C27H22N2O/c1-18-10-12-19(13-11-18)17-29-24-9-5-8-23(27(28)30)26(24)22-15-14-21(16-25(22)29)20-6-3-2-4-7-20/h2-16H,17H2,1H3,(H2,28,30). The topological polar surface area (TPSA) is 48.0 Å². The van der Waals surface area contributed by atoms with E-state index >= 15 is 0 Å². The highest BCUT2D eigenvalue weighted by Gasteiger charge is 2.17. The van der Waals surface area contributed by atoms with Crippen LogP contribution in [0.3, 0.4) is 0 Å². The van der Waals surface area contributed by atoms with E-state index in [1.54, 1.807) is 0 Å². The van der Waals surface area contributed by atoms with Crippen molar-refractivity contribution in [2.24, 2.45) is 5.73 Å². The first-order chi connectivity index (χ1) is 14.6. The molecule has 0 unspecified atom stereocenters. The van der Waals surface area contributed by atoms with Crippen molar-refractivity contribution in [3.63, 3.8) is 0 Å². The molecule has 0 spiro atoms. The van der Waals surface area contributed by atoms with E-state index in [4.69, 9.17) is 5.73 Å². The van der Waals surface area contributed by atoms with Crippen LogP contribution in [0.2, 0.25) is 0 Å². The average molecular weight is 390 g/mol. The smallest absolute Gasteiger partial charge is 0.249 e. The van der Waals surface area contributed by atoms with E-state index < -0.39 is 5.91 Å². The third-order valence-electron chi connectivity index (χ3n) is 5.72. The van der Waals surface area contributed by atoms with Crippen LogP contribution < -0.4 is 5.73 Å². The Kier molecular flexibility index (Phi) is 4.36. The normalized spacial score (nSPS) is 11.2. The molecule has 0 aliphatic carbocycles. The fourth-order valence-electron chi connectivity index (χ4n) is 4.21. The molecule has 0 fully saturated rings. The first kappa shape index (κ1) is 18.2. The second kappa shape index (κ2) is 7.20. The summed E-state index contributed by atoms with van der Waals surface area (Å²) >= 11 is 0. The van der Waals surface area contributed by atoms with Crippen molar-refractivity contribution in [1.29, 1.82) is 0 Å². The number of benzene rings is 4. The van der Waals surface area contributed by atoms with Crippen molar-refractivity contribution >= 4 is 27.7 Å². The first-order valence-corrected chi connectivity index (χ1v) is 10.1. The lowest BCUT2D eigenvalue weighted by molar-refractivity contribution is 0.100. The SMILES string of the molecule is Cc1ccc(Cn2c3cc(-c4ccccc4)ccc3c3c(C(N)=O)cccc32)cc1. The molecule has 5 aromatic rings. The largest absolute Gasteiger partial charge is 0.366 e. The first-order valence-electron chi connectivity index (χ1n) is 10.1. The molecule has 1 heterocycles. The molecule has 5 rings (SSSR count).